The summed E-state index contributed by atoms with van der Waals surface area (Å²) in [4.78, 5) is 24.2. The van der Waals surface area contributed by atoms with Gasteiger partial charge in [-0.3, -0.25) is 4.79 Å². The molecule has 0 bridgehead atoms. The lowest BCUT2D eigenvalue weighted by Gasteiger charge is -2.32. The number of aromatic nitrogens is 3. The highest BCUT2D eigenvalue weighted by molar-refractivity contribution is 5.95. The summed E-state index contributed by atoms with van der Waals surface area (Å²) in [6, 6.07) is 19.7. The summed E-state index contributed by atoms with van der Waals surface area (Å²) in [6.07, 6.45) is 2.67. The number of hydrogen-bond donors (Lipinski definition) is 0. The second-order valence-electron chi connectivity index (χ2n) is 8.18. The Hall–Kier alpha value is -3.54. The van der Waals surface area contributed by atoms with Crippen LogP contribution in [0.15, 0.2) is 65.2 Å². The second kappa shape index (κ2) is 8.30. The minimum atomic E-state index is -0.0124. The first-order valence-corrected chi connectivity index (χ1v) is 10.7. The molecule has 1 amide bonds. The third-order valence-corrected chi connectivity index (χ3v) is 5.94. The van der Waals surface area contributed by atoms with Crippen LogP contribution >= 0.6 is 0 Å². The standard InChI is InChI=1S/C25H24N4O2/c1-17-7-2-4-10-20(17)24-27-23(31-28-24)15-18-8-6-14-29(16-18)25(30)22-13-12-19-9-3-5-11-21(19)26-22/h2-5,7,9-13,18H,6,8,14-16H2,1H3. The first kappa shape index (κ1) is 19.4. The fourth-order valence-electron chi connectivity index (χ4n) is 4.28. The number of benzene rings is 2. The quantitative estimate of drug-likeness (QED) is 0.486. The Bertz CT molecular complexity index is 1230. The number of hydrogen-bond acceptors (Lipinski definition) is 5. The first-order valence-electron chi connectivity index (χ1n) is 10.7. The molecule has 6 heteroatoms. The molecule has 156 valence electrons. The van der Waals surface area contributed by atoms with Crippen LogP contribution in [-0.4, -0.2) is 39.0 Å². The van der Waals surface area contributed by atoms with E-state index in [0.29, 0.717) is 36.3 Å². The Morgan fingerprint density at radius 1 is 1.06 bits per heavy atom. The van der Waals surface area contributed by atoms with Gasteiger partial charge in [0.2, 0.25) is 11.7 Å². The predicted molar refractivity (Wildman–Crippen MR) is 119 cm³/mol. The Morgan fingerprint density at radius 3 is 2.81 bits per heavy atom. The fourth-order valence-corrected chi connectivity index (χ4v) is 4.28. The number of carbonyl (C=O) groups is 1. The van der Waals surface area contributed by atoms with Gasteiger partial charge in [-0.2, -0.15) is 4.98 Å². The summed E-state index contributed by atoms with van der Waals surface area (Å²) in [7, 11) is 0. The molecule has 0 spiro atoms. The number of carbonyl (C=O) groups excluding carboxylic acids is 1. The number of para-hydroxylation sites is 1. The summed E-state index contributed by atoms with van der Waals surface area (Å²) in [6.45, 7) is 3.47. The zero-order valence-corrected chi connectivity index (χ0v) is 17.5. The van der Waals surface area contributed by atoms with E-state index in [2.05, 4.69) is 15.1 Å². The summed E-state index contributed by atoms with van der Waals surface area (Å²) in [5.41, 5.74) is 3.45. The largest absolute Gasteiger partial charge is 0.339 e. The van der Waals surface area contributed by atoms with E-state index in [4.69, 9.17) is 4.52 Å². The van der Waals surface area contributed by atoms with Crippen molar-refractivity contribution in [1.29, 1.82) is 0 Å². The van der Waals surface area contributed by atoms with Crippen LogP contribution in [-0.2, 0) is 6.42 Å². The maximum Gasteiger partial charge on any atom is 0.272 e. The van der Waals surface area contributed by atoms with Gasteiger partial charge in [-0.1, -0.05) is 53.7 Å². The average Bonchev–Trinajstić information content (AvgIpc) is 3.27. The van der Waals surface area contributed by atoms with Gasteiger partial charge in [0.1, 0.15) is 5.69 Å². The molecule has 0 radical (unpaired) electrons. The van der Waals surface area contributed by atoms with Gasteiger partial charge in [0.25, 0.3) is 5.91 Å². The number of piperidine rings is 1. The van der Waals surface area contributed by atoms with Crippen molar-refractivity contribution in [2.45, 2.75) is 26.2 Å². The summed E-state index contributed by atoms with van der Waals surface area (Å²) >= 11 is 0. The van der Waals surface area contributed by atoms with Crippen molar-refractivity contribution in [2.75, 3.05) is 13.1 Å². The number of amides is 1. The Morgan fingerprint density at radius 2 is 1.90 bits per heavy atom. The molecular weight excluding hydrogens is 388 g/mol. The van der Waals surface area contributed by atoms with E-state index >= 15 is 0 Å². The SMILES string of the molecule is Cc1ccccc1-c1noc(CC2CCCN(C(=O)c3ccc4ccccc4n3)C2)n1. The number of aryl methyl sites for hydroxylation is 1. The van der Waals surface area contributed by atoms with Crippen molar-refractivity contribution >= 4 is 16.8 Å². The summed E-state index contributed by atoms with van der Waals surface area (Å²) in [5, 5.41) is 5.21. The third-order valence-electron chi connectivity index (χ3n) is 5.94. The molecule has 1 saturated heterocycles. The molecule has 1 aliphatic heterocycles. The lowest BCUT2D eigenvalue weighted by molar-refractivity contribution is 0.0662. The molecule has 0 aliphatic carbocycles. The van der Waals surface area contributed by atoms with E-state index in [0.717, 1.165) is 41.4 Å². The van der Waals surface area contributed by atoms with Crippen molar-refractivity contribution in [3.05, 3.63) is 77.8 Å². The van der Waals surface area contributed by atoms with Crippen LogP contribution < -0.4 is 0 Å². The number of fused-ring (bicyclic) bond motifs is 1. The average molecular weight is 412 g/mol. The number of nitrogens with zero attached hydrogens (tertiary/aromatic N) is 4. The molecule has 1 aliphatic rings. The van der Waals surface area contributed by atoms with E-state index in [1.165, 1.54) is 0 Å². The number of rotatable bonds is 4. The van der Waals surface area contributed by atoms with E-state index in [1.54, 1.807) is 0 Å². The molecule has 6 nitrogen and oxygen atoms in total. The zero-order valence-electron chi connectivity index (χ0n) is 17.5. The summed E-state index contributed by atoms with van der Waals surface area (Å²) in [5.74, 6) is 1.53. The first-order chi connectivity index (χ1) is 15.2. The number of likely N-dealkylation sites (tertiary alicyclic amines) is 1. The lowest BCUT2D eigenvalue weighted by atomic mass is 9.94. The van der Waals surface area contributed by atoms with Gasteiger partial charge in [-0.05, 0) is 43.4 Å². The van der Waals surface area contributed by atoms with Crippen molar-refractivity contribution in [3.63, 3.8) is 0 Å². The van der Waals surface area contributed by atoms with Gasteiger partial charge in [-0.15, -0.1) is 0 Å². The second-order valence-corrected chi connectivity index (χ2v) is 8.18. The van der Waals surface area contributed by atoms with E-state index < -0.39 is 0 Å². The van der Waals surface area contributed by atoms with Crippen molar-refractivity contribution in [2.24, 2.45) is 5.92 Å². The molecule has 5 rings (SSSR count). The van der Waals surface area contributed by atoms with E-state index in [1.807, 2.05) is 72.5 Å². The molecule has 4 aromatic rings. The van der Waals surface area contributed by atoms with Crippen LogP contribution in [0.1, 0.15) is 34.8 Å². The molecule has 0 saturated carbocycles. The highest BCUT2D eigenvalue weighted by Crippen LogP contribution is 2.24. The minimum absolute atomic E-state index is 0.0124. The van der Waals surface area contributed by atoms with Gasteiger partial charge >= 0.3 is 0 Å². The Kier molecular flexibility index (Phi) is 5.20. The molecule has 3 heterocycles. The van der Waals surface area contributed by atoms with Crippen LogP contribution in [0.5, 0.6) is 0 Å². The van der Waals surface area contributed by atoms with Crippen LogP contribution in [0.4, 0.5) is 0 Å². The normalized spacial score (nSPS) is 16.5. The molecule has 2 aromatic carbocycles. The monoisotopic (exact) mass is 412 g/mol. The van der Waals surface area contributed by atoms with Gasteiger partial charge in [0, 0.05) is 30.5 Å². The maximum atomic E-state index is 13.1. The Labute approximate surface area is 180 Å². The highest BCUT2D eigenvalue weighted by Gasteiger charge is 2.27. The van der Waals surface area contributed by atoms with Gasteiger partial charge in [0.05, 0.1) is 5.52 Å². The van der Waals surface area contributed by atoms with Crippen molar-refractivity contribution in [1.82, 2.24) is 20.0 Å². The topological polar surface area (TPSA) is 72.1 Å². The maximum absolute atomic E-state index is 13.1. The van der Waals surface area contributed by atoms with Gasteiger partial charge in [-0.25, -0.2) is 4.98 Å². The molecule has 1 unspecified atom stereocenters. The molecule has 1 fully saturated rings. The smallest absolute Gasteiger partial charge is 0.272 e. The van der Waals surface area contributed by atoms with E-state index in [9.17, 15) is 4.79 Å². The predicted octanol–water partition coefficient (Wildman–Crippen LogP) is 4.69. The van der Waals surface area contributed by atoms with Crippen LogP contribution in [0, 0.1) is 12.8 Å². The lowest BCUT2D eigenvalue weighted by Crippen LogP contribution is -2.40. The minimum Gasteiger partial charge on any atom is -0.339 e. The highest BCUT2D eigenvalue weighted by atomic mass is 16.5. The van der Waals surface area contributed by atoms with Crippen molar-refractivity contribution < 1.29 is 9.32 Å². The van der Waals surface area contributed by atoms with E-state index in [-0.39, 0.29) is 5.91 Å². The van der Waals surface area contributed by atoms with Crippen LogP contribution in [0.25, 0.3) is 22.3 Å². The molecule has 0 N–H and O–H groups in total. The summed E-state index contributed by atoms with van der Waals surface area (Å²) < 4.78 is 5.53. The number of pyridine rings is 1. The fraction of sp³-hybridized carbons (Fsp3) is 0.280. The molecule has 31 heavy (non-hydrogen) atoms. The molecule has 2 aromatic heterocycles. The van der Waals surface area contributed by atoms with Crippen LogP contribution in [0.3, 0.4) is 0 Å². The Balaban J connectivity index is 1.28. The van der Waals surface area contributed by atoms with Gasteiger partial charge < -0.3 is 9.42 Å². The molecular formula is C25H24N4O2. The van der Waals surface area contributed by atoms with Crippen molar-refractivity contribution in [3.8, 4) is 11.4 Å². The van der Waals surface area contributed by atoms with Gasteiger partial charge in [0.15, 0.2) is 0 Å². The third kappa shape index (κ3) is 4.06. The van der Waals surface area contributed by atoms with Crippen LogP contribution in [0.2, 0.25) is 0 Å². The molecule has 1 atom stereocenters. The zero-order chi connectivity index (χ0) is 21.2.